The lowest BCUT2D eigenvalue weighted by Crippen LogP contribution is -2.39. The van der Waals surface area contributed by atoms with Crippen molar-refractivity contribution >= 4 is 5.91 Å². The third kappa shape index (κ3) is 3.25. The van der Waals surface area contributed by atoms with Crippen LogP contribution in [0.25, 0.3) is 0 Å². The number of carbonyl (C=O) groups is 1. The van der Waals surface area contributed by atoms with Crippen molar-refractivity contribution in [2.75, 3.05) is 13.1 Å². The number of amides is 1. The summed E-state index contributed by atoms with van der Waals surface area (Å²) in [6, 6.07) is 6.14. The van der Waals surface area contributed by atoms with E-state index in [1.807, 2.05) is 17.0 Å². The van der Waals surface area contributed by atoms with Gasteiger partial charge in [-0.05, 0) is 43.4 Å². The number of H-pyrrole nitrogens is 1. The van der Waals surface area contributed by atoms with E-state index in [4.69, 9.17) is 4.42 Å². The zero-order chi connectivity index (χ0) is 16.5. The number of aromatic amines is 1. The van der Waals surface area contributed by atoms with Crippen LogP contribution in [-0.2, 0) is 11.2 Å². The largest absolute Gasteiger partial charge is 0.466 e. The van der Waals surface area contributed by atoms with Crippen LogP contribution in [0, 0.1) is 5.92 Å². The molecule has 5 heteroatoms. The number of likely N-dealkylation sites (tertiary alicyclic amines) is 1. The summed E-state index contributed by atoms with van der Waals surface area (Å²) in [6.07, 6.45) is 6.42. The number of nitrogens with zero attached hydrogens (tertiary/aromatic N) is 2. The van der Waals surface area contributed by atoms with Gasteiger partial charge in [0, 0.05) is 49.7 Å². The minimum atomic E-state index is 0.233. The molecule has 24 heavy (non-hydrogen) atoms. The first-order valence-electron chi connectivity index (χ1n) is 9.06. The minimum absolute atomic E-state index is 0.233. The van der Waals surface area contributed by atoms with Crippen molar-refractivity contribution in [3.63, 3.8) is 0 Å². The van der Waals surface area contributed by atoms with Crippen molar-refractivity contribution in [1.29, 1.82) is 0 Å². The van der Waals surface area contributed by atoms with Crippen LogP contribution in [0.1, 0.15) is 61.7 Å². The van der Waals surface area contributed by atoms with E-state index in [-0.39, 0.29) is 5.91 Å². The topological polar surface area (TPSA) is 62.1 Å². The average molecular weight is 327 g/mol. The molecule has 2 aromatic rings. The Hall–Kier alpha value is -2.04. The van der Waals surface area contributed by atoms with E-state index < -0.39 is 0 Å². The van der Waals surface area contributed by atoms with Gasteiger partial charge in [0.15, 0.2) is 0 Å². The van der Waals surface area contributed by atoms with Crippen LogP contribution in [0.15, 0.2) is 28.8 Å². The summed E-state index contributed by atoms with van der Waals surface area (Å²) in [5, 5.41) is 7.07. The number of furan rings is 1. The maximum atomic E-state index is 12.6. The van der Waals surface area contributed by atoms with Gasteiger partial charge in [0.2, 0.25) is 5.91 Å². The zero-order valence-electron chi connectivity index (χ0n) is 14.2. The number of nitrogens with one attached hydrogen (secondary N) is 1. The van der Waals surface area contributed by atoms with Crippen LogP contribution in [0.3, 0.4) is 0 Å². The van der Waals surface area contributed by atoms with Gasteiger partial charge in [0.05, 0.1) is 0 Å². The summed E-state index contributed by atoms with van der Waals surface area (Å²) in [6.45, 7) is 3.92. The van der Waals surface area contributed by atoms with Gasteiger partial charge < -0.3 is 9.32 Å². The number of aryl methyl sites for hydroxylation is 1. The highest BCUT2D eigenvalue weighted by Crippen LogP contribution is 2.47. The van der Waals surface area contributed by atoms with Gasteiger partial charge in [-0.1, -0.05) is 6.92 Å². The lowest BCUT2D eigenvalue weighted by atomic mass is 9.94. The summed E-state index contributed by atoms with van der Waals surface area (Å²) >= 11 is 0. The number of aromatic nitrogens is 2. The van der Waals surface area contributed by atoms with Gasteiger partial charge in [-0.25, -0.2) is 0 Å². The summed E-state index contributed by atoms with van der Waals surface area (Å²) in [5.74, 6) is 4.01. The molecule has 3 atom stereocenters. The molecule has 2 aromatic heterocycles. The van der Waals surface area contributed by atoms with Crippen molar-refractivity contribution in [1.82, 2.24) is 15.1 Å². The van der Waals surface area contributed by atoms with E-state index in [0.717, 1.165) is 49.1 Å². The molecule has 3 unspecified atom stereocenters. The molecule has 1 saturated carbocycles. The molecule has 2 aliphatic rings. The van der Waals surface area contributed by atoms with Gasteiger partial charge in [0.1, 0.15) is 11.5 Å². The van der Waals surface area contributed by atoms with Gasteiger partial charge in [0.25, 0.3) is 0 Å². The second-order valence-electron chi connectivity index (χ2n) is 7.31. The fourth-order valence-corrected chi connectivity index (χ4v) is 3.79. The highest BCUT2D eigenvalue weighted by atomic mass is 16.3. The van der Waals surface area contributed by atoms with Gasteiger partial charge in [-0.15, -0.1) is 0 Å². The van der Waals surface area contributed by atoms with Crippen molar-refractivity contribution in [2.24, 2.45) is 5.92 Å². The summed E-state index contributed by atoms with van der Waals surface area (Å²) in [5.41, 5.74) is 1.14. The molecule has 1 aliphatic carbocycles. The SMILES string of the molecule is CC1CC1c1ccc(CCC(=O)N2CCCC(c3ccn[nH]3)C2)o1. The second kappa shape index (κ2) is 6.46. The molecule has 1 N–H and O–H groups in total. The molecule has 3 heterocycles. The van der Waals surface area contributed by atoms with E-state index in [9.17, 15) is 4.79 Å². The second-order valence-corrected chi connectivity index (χ2v) is 7.31. The molecule has 1 amide bonds. The van der Waals surface area contributed by atoms with Crippen LogP contribution in [0.2, 0.25) is 0 Å². The first kappa shape index (κ1) is 15.5. The predicted molar refractivity (Wildman–Crippen MR) is 90.7 cm³/mol. The number of rotatable bonds is 5. The summed E-state index contributed by atoms with van der Waals surface area (Å²) in [7, 11) is 0. The molecule has 0 radical (unpaired) electrons. The Bertz CT molecular complexity index is 691. The first-order valence-corrected chi connectivity index (χ1v) is 9.06. The molecule has 0 bridgehead atoms. The molecule has 1 saturated heterocycles. The third-order valence-electron chi connectivity index (χ3n) is 5.48. The maximum absolute atomic E-state index is 12.6. The van der Waals surface area contributed by atoms with E-state index >= 15 is 0 Å². The molecule has 0 aromatic carbocycles. The molecule has 1 aliphatic heterocycles. The first-order chi connectivity index (χ1) is 11.7. The Morgan fingerprint density at radius 2 is 2.29 bits per heavy atom. The highest BCUT2D eigenvalue weighted by Gasteiger charge is 2.36. The van der Waals surface area contributed by atoms with Crippen molar-refractivity contribution < 1.29 is 9.21 Å². The van der Waals surface area contributed by atoms with Crippen LogP contribution in [0.4, 0.5) is 0 Å². The summed E-state index contributed by atoms with van der Waals surface area (Å²) < 4.78 is 5.91. The lowest BCUT2D eigenvalue weighted by molar-refractivity contribution is -0.132. The number of piperidine rings is 1. The number of hydrogen-bond donors (Lipinski definition) is 1. The van der Waals surface area contributed by atoms with Crippen LogP contribution >= 0.6 is 0 Å². The predicted octanol–water partition coefficient (Wildman–Crippen LogP) is 3.46. The fraction of sp³-hybridized carbons (Fsp3) is 0.579. The standard InChI is InChI=1S/C19H25N3O2/c1-13-11-16(13)18-6-4-15(24-18)5-7-19(23)22-10-2-3-14(12-22)17-8-9-20-21-17/h4,6,8-9,13-14,16H,2-3,5,7,10-12H2,1H3,(H,20,21). The van der Waals surface area contributed by atoms with Crippen LogP contribution < -0.4 is 0 Å². The average Bonchev–Trinajstić information content (AvgIpc) is 3.04. The molecular weight excluding hydrogens is 302 g/mol. The summed E-state index contributed by atoms with van der Waals surface area (Å²) in [4.78, 5) is 14.6. The Morgan fingerprint density at radius 1 is 1.42 bits per heavy atom. The van der Waals surface area contributed by atoms with Crippen molar-refractivity contribution in [3.05, 3.63) is 41.6 Å². The number of hydrogen-bond acceptors (Lipinski definition) is 3. The zero-order valence-corrected chi connectivity index (χ0v) is 14.2. The van der Waals surface area contributed by atoms with Crippen LogP contribution in [-0.4, -0.2) is 34.1 Å². The fourth-order valence-electron chi connectivity index (χ4n) is 3.79. The van der Waals surface area contributed by atoms with E-state index in [1.54, 1.807) is 6.20 Å². The minimum Gasteiger partial charge on any atom is -0.466 e. The Balaban J connectivity index is 1.30. The highest BCUT2D eigenvalue weighted by molar-refractivity contribution is 5.76. The molecule has 4 rings (SSSR count). The Labute approximate surface area is 142 Å². The monoisotopic (exact) mass is 327 g/mol. The van der Waals surface area contributed by atoms with E-state index in [2.05, 4.69) is 23.2 Å². The smallest absolute Gasteiger partial charge is 0.223 e. The quantitative estimate of drug-likeness (QED) is 0.914. The number of carbonyl (C=O) groups excluding carboxylic acids is 1. The Kier molecular flexibility index (Phi) is 4.17. The van der Waals surface area contributed by atoms with Gasteiger partial charge in [-0.2, -0.15) is 5.10 Å². The maximum Gasteiger partial charge on any atom is 0.223 e. The lowest BCUT2D eigenvalue weighted by Gasteiger charge is -2.32. The van der Waals surface area contributed by atoms with E-state index in [1.165, 1.54) is 6.42 Å². The Morgan fingerprint density at radius 3 is 3.04 bits per heavy atom. The molecule has 128 valence electrons. The van der Waals surface area contributed by atoms with Crippen LogP contribution in [0.5, 0.6) is 0 Å². The molecule has 5 nitrogen and oxygen atoms in total. The molecule has 2 fully saturated rings. The van der Waals surface area contributed by atoms with Crippen molar-refractivity contribution in [3.8, 4) is 0 Å². The normalized spacial score (nSPS) is 26.5. The molecular formula is C19H25N3O2. The molecule has 0 spiro atoms. The van der Waals surface area contributed by atoms with E-state index in [0.29, 0.717) is 24.7 Å². The van der Waals surface area contributed by atoms with Gasteiger partial charge >= 0.3 is 0 Å². The van der Waals surface area contributed by atoms with Crippen molar-refractivity contribution in [2.45, 2.75) is 50.9 Å². The third-order valence-corrected chi connectivity index (χ3v) is 5.48. The van der Waals surface area contributed by atoms with Gasteiger partial charge in [-0.3, -0.25) is 9.89 Å².